The number of aromatic nitrogens is 3. The molecule has 1 aliphatic rings. The van der Waals surface area contributed by atoms with Crippen molar-refractivity contribution in [3.63, 3.8) is 0 Å². The summed E-state index contributed by atoms with van der Waals surface area (Å²) < 4.78 is 2.09. The highest BCUT2D eigenvalue weighted by Crippen LogP contribution is 2.24. The summed E-state index contributed by atoms with van der Waals surface area (Å²) in [5, 5.41) is 3.70. The molecule has 29 heavy (non-hydrogen) atoms. The van der Waals surface area contributed by atoms with Crippen molar-refractivity contribution in [3.05, 3.63) is 71.4 Å². The highest BCUT2D eigenvalue weighted by atomic mass is 35.5. The van der Waals surface area contributed by atoms with Crippen molar-refractivity contribution < 1.29 is 4.79 Å². The second-order valence-electron chi connectivity index (χ2n) is 7.38. The Bertz CT molecular complexity index is 960. The van der Waals surface area contributed by atoms with E-state index in [1.807, 2.05) is 49.5 Å². The fraction of sp³-hybridized carbons (Fsp3) is 0.318. The zero-order valence-corrected chi connectivity index (χ0v) is 17.1. The summed E-state index contributed by atoms with van der Waals surface area (Å²) in [4.78, 5) is 23.5. The van der Waals surface area contributed by atoms with E-state index in [-0.39, 0.29) is 11.8 Å². The smallest absolute Gasteiger partial charge is 0.227 e. The van der Waals surface area contributed by atoms with Gasteiger partial charge in [-0.05, 0) is 49.6 Å². The molecule has 0 saturated carbocycles. The van der Waals surface area contributed by atoms with Crippen molar-refractivity contribution in [2.24, 2.45) is 5.92 Å². The zero-order valence-electron chi connectivity index (χ0n) is 16.4. The fourth-order valence-electron chi connectivity index (χ4n) is 3.63. The quantitative estimate of drug-likeness (QED) is 0.687. The predicted molar refractivity (Wildman–Crippen MR) is 115 cm³/mol. The number of aryl methyl sites for hydroxylation is 1. The van der Waals surface area contributed by atoms with Crippen LogP contribution in [0.1, 0.15) is 24.2 Å². The Balaban J connectivity index is 1.29. The first kappa shape index (κ1) is 19.5. The number of benzene rings is 1. The lowest BCUT2D eigenvalue weighted by Crippen LogP contribution is -2.38. The lowest BCUT2D eigenvalue weighted by molar-refractivity contribution is -0.120. The molecule has 0 unspecified atom stereocenters. The van der Waals surface area contributed by atoms with Crippen LogP contribution in [0.4, 0.5) is 11.5 Å². The van der Waals surface area contributed by atoms with Crippen LogP contribution in [0.3, 0.4) is 0 Å². The molecule has 1 amide bonds. The van der Waals surface area contributed by atoms with Crippen LogP contribution >= 0.6 is 11.6 Å². The first-order valence-corrected chi connectivity index (χ1v) is 10.2. The molecule has 1 fully saturated rings. The number of pyridine rings is 1. The van der Waals surface area contributed by atoms with Crippen LogP contribution in [0.15, 0.2) is 55.0 Å². The minimum absolute atomic E-state index is 0.0202. The molecule has 3 heterocycles. The second-order valence-corrected chi connectivity index (χ2v) is 7.82. The normalized spacial score (nSPS) is 14.8. The number of rotatable bonds is 5. The van der Waals surface area contributed by atoms with Gasteiger partial charge in [-0.15, -0.1) is 0 Å². The third kappa shape index (κ3) is 4.77. The summed E-state index contributed by atoms with van der Waals surface area (Å²) in [5.74, 6) is 2.01. The van der Waals surface area contributed by atoms with E-state index in [9.17, 15) is 4.79 Å². The monoisotopic (exact) mass is 409 g/mol. The van der Waals surface area contributed by atoms with E-state index in [0.717, 1.165) is 49.8 Å². The first-order chi connectivity index (χ1) is 14.1. The summed E-state index contributed by atoms with van der Waals surface area (Å²) in [6, 6.07) is 11.8. The number of piperidine rings is 1. The van der Waals surface area contributed by atoms with Crippen molar-refractivity contribution >= 4 is 29.0 Å². The largest absolute Gasteiger partial charge is 0.357 e. The zero-order chi connectivity index (χ0) is 20.2. The maximum Gasteiger partial charge on any atom is 0.227 e. The molecule has 0 spiro atoms. The molecule has 1 aromatic carbocycles. The van der Waals surface area contributed by atoms with Crippen molar-refractivity contribution in [3.8, 4) is 0 Å². The number of anilines is 2. The average Bonchev–Trinajstić information content (AvgIpc) is 3.14. The summed E-state index contributed by atoms with van der Waals surface area (Å²) in [5.41, 5.74) is 2.01. The van der Waals surface area contributed by atoms with Crippen LogP contribution < -0.4 is 10.2 Å². The highest BCUT2D eigenvalue weighted by Gasteiger charge is 2.25. The van der Waals surface area contributed by atoms with Gasteiger partial charge in [0.25, 0.3) is 0 Å². The third-order valence-corrected chi connectivity index (χ3v) is 5.62. The molecule has 4 rings (SSSR count). The molecule has 3 aromatic rings. The van der Waals surface area contributed by atoms with Gasteiger partial charge in [-0.1, -0.05) is 23.7 Å². The number of imidazole rings is 1. The van der Waals surface area contributed by atoms with E-state index in [1.54, 1.807) is 12.4 Å². The number of hydrogen-bond donors (Lipinski definition) is 1. The van der Waals surface area contributed by atoms with Gasteiger partial charge in [0.1, 0.15) is 11.6 Å². The SMILES string of the molecule is Cc1nccn1Cc1ccc(NC(=O)C2CCN(c3ccc(Cl)cn3)CC2)cc1. The Labute approximate surface area is 175 Å². The van der Waals surface area contributed by atoms with Crippen molar-refractivity contribution in [1.82, 2.24) is 14.5 Å². The van der Waals surface area contributed by atoms with Gasteiger partial charge in [0.2, 0.25) is 5.91 Å². The molecule has 1 aliphatic heterocycles. The number of nitrogens with one attached hydrogen (secondary N) is 1. The summed E-state index contributed by atoms with van der Waals surface area (Å²) >= 11 is 5.91. The first-order valence-electron chi connectivity index (χ1n) is 9.82. The number of carbonyl (C=O) groups excluding carboxylic acids is 1. The minimum atomic E-state index is 0.0202. The maximum absolute atomic E-state index is 12.7. The molecule has 150 valence electrons. The lowest BCUT2D eigenvalue weighted by Gasteiger charge is -2.32. The Morgan fingerprint density at radius 1 is 1.14 bits per heavy atom. The van der Waals surface area contributed by atoms with E-state index in [2.05, 4.69) is 24.8 Å². The Hall–Kier alpha value is -2.86. The van der Waals surface area contributed by atoms with Gasteiger partial charge < -0.3 is 14.8 Å². The molecule has 2 aromatic heterocycles. The van der Waals surface area contributed by atoms with E-state index in [4.69, 9.17) is 11.6 Å². The van der Waals surface area contributed by atoms with Crippen LogP contribution in [0.5, 0.6) is 0 Å². The van der Waals surface area contributed by atoms with Crippen LogP contribution in [-0.2, 0) is 11.3 Å². The van der Waals surface area contributed by atoms with Gasteiger partial charge in [0, 0.05) is 49.8 Å². The number of carbonyl (C=O) groups is 1. The molecular formula is C22H24ClN5O. The lowest BCUT2D eigenvalue weighted by atomic mass is 9.95. The maximum atomic E-state index is 12.7. The number of hydrogen-bond acceptors (Lipinski definition) is 4. The summed E-state index contributed by atoms with van der Waals surface area (Å²) in [7, 11) is 0. The average molecular weight is 410 g/mol. The third-order valence-electron chi connectivity index (χ3n) is 5.40. The van der Waals surface area contributed by atoms with E-state index in [1.165, 1.54) is 5.56 Å². The summed E-state index contributed by atoms with van der Waals surface area (Å²) in [6.45, 7) is 4.39. The predicted octanol–water partition coefficient (Wildman–Crippen LogP) is 4.14. The van der Waals surface area contributed by atoms with Gasteiger partial charge in [-0.3, -0.25) is 4.79 Å². The Morgan fingerprint density at radius 3 is 2.52 bits per heavy atom. The van der Waals surface area contributed by atoms with Crippen LogP contribution in [0.25, 0.3) is 0 Å². The Kier molecular flexibility index (Phi) is 5.81. The molecular weight excluding hydrogens is 386 g/mol. The topological polar surface area (TPSA) is 63.1 Å². The molecule has 0 atom stereocenters. The fourth-order valence-corrected chi connectivity index (χ4v) is 3.74. The van der Waals surface area contributed by atoms with Crippen LogP contribution in [0.2, 0.25) is 5.02 Å². The Morgan fingerprint density at radius 2 is 1.90 bits per heavy atom. The molecule has 1 N–H and O–H groups in total. The molecule has 0 radical (unpaired) electrons. The van der Waals surface area contributed by atoms with Gasteiger partial charge in [0.05, 0.1) is 5.02 Å². The number of halogens is 1. The van der Waals surface area contributed by atoms with E-state index >= 15 is 0 Å². The van der Waals surface area contributed by atoms with Gasteiger partial charge in [-0.2, -0.15) is 0 Å². The molecule has 0 aliphatic carbocycles. The van der Waals surface area contributed by atoms with Crippen molar-refractivity contribution in [2.45, 2.75) is 26.3 Å². The molecule has 0 bridgehead atoms. The van der Waals surface area contributed by atoms with Crippen molar-refractivity contribution in [1.29, 1.82) is 0 Å². The number of nitrogens with zero attached hydrogens (tertiary/aromatic N) is 4. The van der Waals surface area contributed by atoms with Crippen molar-refractivity contribution in [2.75, 3.05) is 23.3 Å². The van der Waals surface area contributed by atoms with E-state index < -0.39 is 0 Å². The van der Waals surface area contributed by atoms with Gasteiger partial charge in [0.15, 0.2) is 0 Å². The second kappa shape index (κ2) is 8.66. The highest BCUT2D eigenvalue weighted by molar-refractivity contribution is 6.30. The number of amides is 1. The minimum Gasteiger partial charge on any atom is -0.357 e. The molecule has 1 saturated heterocycles. The van der Waals surface area contributed by atoms with E-state index in [0.29, 0.717) is 5.02 Å². The standard InChI is InChI=1S/C22H24ClN5O/c1-16-24-10-13-28(16)15-17-2-5-20(6-3-17)26-22(29)18-8-11-27(12-9-18)21-7-4-19(23)14-25-21/h2-7,10,13-14,18H,8-9,11-12,15H2,1H3,(H,26,29). The molecule has 6 nitrogen and oxygen atoms in total. The summed E-state index contributed by atoms with van der Waals surface area (Å²) in [6.07, 6.45) is 7.06. The van der Waals surface area contributed by atoms with Gasteiger partial charge >= 0.3 is 0 Å². The van der Waals surface area contributed by atoms with Crippen LogP contribution in [-0.4, -0.2) is 33.5 Å². The van der Waals surface area contributed by atoms with Crippen LogP contribution in [0, 0.1) is 12.8 Å². The molecule has 7 heteroatoms. The van der Waals surface area contributed by atoms with Gasteiger partial charge in [-0.25, -0.2) is 9.97 Å².